The van der Waals surface area contributed by atoms with Gasteiger partial charge in [-0.1, -0.05) is 27.7 Å². The van der Waals surface area contributed by atoms with Crippen LogP contribution < -0.4 is 0 Å². The second-order valence-electron chi connectivity index (χ2n) is 7.52. The van der Waals surface area contributed by atoms with Gasteiger partial charge < -0.3 is 9.47 Å². The van der Waals surface area contributed by atoms with Crippen LogP contribution in [0.25, 0.3) is 0 Å². The monoisotopic (exact) mass is 266 g/mol. The Labute approximate surface area is 116 Å². The van der Waals surface area contributed by atoms with E-state index in [0.717, 1.165) is 25.7 Å². The average Bonchev–Trinajstić information content (AvgIpc) is 2.82. The largest absolute Gasteiger partial charge is 0.347 e. The van der Waals surface area contributed by atoms with Crippen LogP contribution in [-0.4, -0.2) is 24.8 Å². The fraction of sp³-hybridized carbons (Fsp3) is 0.938. The van der Waals surface area contributed by atoms with Gasteiger partial charge in [-0.2, -0.15) is 0 Å². The topological polar surface area (TPSA) is 35.5 Å². The quantitative estimate of drug-likeness (QED) is 0.674. The van der Waals surface area contributed by atoms with Gasteiger partial charge in [-0.05, 0) is 24.7 Å². The molecule has 19 heavy (non-hydrogen) atoms. The van der Waals surface area contributed by atoms with Gasteiger partial charge in [0, 0.05) is 23.7 Å². The minimum absolute atomic E-state index is 0.0437. The molecule has 1 aliphatic heterocycles. The molecule has 1 heterocycles. The maximum absolute atomic E-state index is 12.4. The van der Waals surface area contributed by atoms with E-state index >= 15 is 0 Å². The molecule has 1 saturated heterocycles. The molecular weight excluding hydrogens is 240 g/mol. The predicted octanol–water partition coefficient (Wildman–Crippen LogP) is 3.32. The zero-order valence-electron chi connectivity index (χ0n) is 12.7. The summed E-state index contributed by atoms with van der Waals surface area (Å²) in [5, 5.41) is 0. The number of rotatable bonds is 0. The Morgan fingerprint density at radius 1 is 0.895 bits per heavy atom. The molecule has 0 bridgehead atoms. The normalized spacial score (nSPS) is 44.3. The van der Waals surface area contributed by atoms with Crippen LogP contribution >= 0.6 is 0 Å². The Bertz CT molecular complexity index is 408. The molecule has 2 saturated carbocycles. The van der Waals surface area contributed by atoms with E-state index in [1.54, 1.807) is 0 Å². The molecule has 3 heteroatoms. The van der Waals surface area contributed by atoms with E-state index in [2.05, 4.69) is 27.7 Å². The fourth-order valence-corrected chi connectivity index (χ4v) is 5.02. The smallest absolute Gasteiger partial charge is 0.174 e. The van der Waals surface area contributed by atoms with Gasteiger partial charge in [0.15, 0.2) is 5.79 Å². The molecule has 0 radical (unpaired) electrons. The number of carbonyl (C=O) groups is 1. The Morgan fingerprint density at radius 3 is 2.16 bits per heavy atom. The number of Topliss-reactive ketones (excluding diaryl/α,β-unsaturated/α-hetero) is 1. The van der Waals surface area contributed by atoms with Crippen molar-refractivity contribution in [1.29, 1.82) is 0 Å². The molecule has 3 rings (SSSR count). The lowest BCUT2D eigenvalue weighted by atomic mass is 9.41. The summed E-state index contributed by atoms with van der Waals surface area (Å²) in [5.74, 6) is -0.0413. The Balaban J connectivity index is 2.12. The number of ketones is 1. The van der Waals surface area contributed by atoms with Gasteiger partial charge >= 0.3 is 0 Å². The van der Waals surface area contributed by atoms with Crippen molar-refractivity contribution >= 4 is 5.78 Å². The molecule has 108 valence electrons. The second kappa shape index (κ2) is 3.82. The maximum Gasteiger partial charge on any atom is 0.174 e. The van der Waals surface area contributed by atoms with Gasteiger partial charge in [0.05, 0.1) is 13.2 Å². The van der Waals surface area contributed by atoms with Gasteiger partial charge in [-0.15, -0.1) is 0 Å². The van der Waals surface area contributed by atoms with Crippen LogP contribution in [0.4, 0.5) is 0 Å². The average molecular weight is 266 g/mol. The first-order valence-corrected chi connectivity index (χ1v) is 7.60. The molecule has 0 N–H and O–H groups in total. The summed E-state index contributed by atoms with van der Waals surface area (Å²) in [6.07, 6.45) is 4.71. The molecule has 0 aromatic rings. The van der Waals surface area contributed by atoms with Crippen molar-refractivity contribution < 1.29 is 14.3 Å². The number of hydrogen-bond acceptors (Lipinski definition) is 3. The highest BCUT2D eigenvalue weighted by molar-refractivity contribution is 5.86. The Hall–Kier alpha value is -0.410. The number of hydrogen-bond donors (Lipinski definition) is 0. The summed E-state index contributed by atoms with van der Waals surface area (Å²) >= 11 is 0. The summed E-state index contributed by atoms with van der Waals surface area (Å²) < 4.78 is 12.2. The molecule has 0 aromatic carbocycles. The molecule has 2 atom stereocenters. The fourth-order valence-electron chi connectivity index (χ4n) is 5.02. The van der Waals surface area contributed by atoms with E-state index < -0.39 is 5.79 Å². The summed E-state index contributed by atoms with van der Waals surface area (Å²) in [7, 11) is 0. The third-order valence-electron chi connectivity index (χ3n) is 6.92. The zero-order valence-corrected chi connectivity index (χ0v) is 12.7. The van der Waals surface area contributed by atoms with Crippen molar-refractivity contribution in [2.45, 2.75) is 65.6 Å². The molecule has 3 nitrogen and oxygen atoms in total. The van der Waals surface area contributed by atoms with Gasteiger partial charge in [0.2, 0.25) is 0 Å². The van der Waals surface area contributed by atoms with Crippen LogP contribution in [0.1, 0.15) is 59.8 Å². The van der Waals surface area contributed by atoms with Crippen molar-refractivity contribution in [2.24, 2.45) is 16.2 Å². The first kappa shape index (κ1) is 13.6. The molecule has 0 aromatic heterocycles. The Kier molecular flexibility index (Phi) is 2.73. The van der Waals surface area contributed by atoms with Crippen LogP contribution in [0.5, 0.6) is 0 Å². The molecule has 3 fully saturated rings. The van der Waals surface area contributed by atoms with Crippen molar-refractivity contribution in [3.05, 3.63) is 0 Å². The lowest BCUT2D eigenvalue weighted by Gasteiger charge is -2.65. The molecule has 1 spiro atoms. The van der Waals surface area contributed by atoms with Crippen molar-refractivity contribution in [3.63, 3.8) is 0 Å². The Morgan fingerprint density at radius 2 is 1.53 bits per heavy atom. The third kappa shape index (κ3) is 1.38. The summed E-state index contributed by atoms with van der Waals surface area (Å²) in [5.41, 5.74) is -0.396. The van der Waals surface area contributed by atoms with Gasteiger partial charge in [0.25, 0.3) is 0 Å². The number of carbonyl (C=O) groups excluding carboxylic acids is 1. The lowest BCUT2D eigenvalue weighted by molar-refractivity contribution is -0.311. The SMILES string of the molecule is CC1(C)C(=O)CC[C@]2(C)C3(CCCC12C)OCCO3. The van der Waals surface area contributed by atoms with Gasteiger partial charge in [-0.3, -0.25) is 4.79 Å². The molecular formula is C16H26O3. The first-order valence-electron chi connectivity index (χ1n) is 7.60. The second-order valence-corrected chi connectivity index (χ2v) is 7.52. The van der Waals surface area contributed by atoms with Crippen LogP contribution in [0, 0.1) is 16.2 Å². The van der Waals surface area contributed by atoms with Gasteiger partial charge in [0.1, 0.15) is 5.78 Å². The molecule has 0 amide bonds. The van der Waals surface area contributed by atoms with Crippen LogP contribution in [0.2, 0.25) is 0 Å². The van der Waals surface area contributed by atoms with Crippen LogP contribution in [0.15, 0.2) is 0 Å². The third-order valence-corrected chi connectivity index (χ3v) is 6.92. The van der Waals surface area contributed by atoms with Crippen LogP contribution in [-0.2, 0) is 14.3 Å². The molecule has 1 unspecified atom stereocenters. The standard InChI is InChI=1S/C16H26O3/c1-13(2)12(17)6-9-15(4)14(13,3)7-5-8-16(15)18-10-11-19-16/h5-11H2,1-4H3/t14?,15-/m0/s1. The van der Waals surface area contributed by atoms with E-state index in [9.17, 15) is 4.79 Å². The summed E-state index contributed by atoms with van der Waals surface area (Å²) in [6.45, 7) is 10.2. The van der Waals surface area contributed by atoms with Crippen molar-refractivity contribution in [3.8, 4) is 0 Å². The minimum atomic E-state index is -0.446. The lowest BCUT2D eigenvalue weighted by Crippen LogP contribution is -2.67. The molecule has 2 aliphatic carbocycles. The maximum atomic E-state index is 12.4. The van der Waals surface area contributed by atoms with Crippen molar-refractivity contribution in [1.82, 2.24) is 0 Å². The molecule has 3 aliphatic rings. The highest BCUT2D eigenvalue weighted by Gasteiger charge is 2.70. The van der Waals surface area contributed by atoms with E-state index in [1.165, 1.54) is 0 Å². The van der Waals surface area contributed by atoms with E-state index in [0.29, 0.717) is 25.4 Å². The van der Waals surface area contributed by atoms with Crippen LogP contribution in [0.3, 0.4) is 0 Å². The first-order chi connectivity index (χ1) is 8.79. The van der Waals surface area contributed by atoms with E-state index in [1.807, 2.05) is 0 Å². The highest BCUT2D eigenvalue weighted by atomic mass is 16.7. The van der Waals surface area contributed by atoms with E-state index in [4.69, 9.17) is 9.47 Å². The number of ether oxygens (including phenoxy) is 2. The summed E-state index contributed by atoms with van der Waals surface area (Å²) in [4.78, 5) is 12.4. The summed E-state index contributed by atoms with van der Waals surface area (Å²) in [6, 6.07) is 0. The van der Waals surface area contributed by atoms with E-state index in [-0.39, 0.29) is 16.2 Å². The predicted molar refractivity (Wildman–Crippen MR) is 72.7 cm³/mol. The number of fused-ring (bicyclic) bond motifs is 2. The van der Waals surface area contributed by atoms with Gasteiger partial charge in [-0.25, -0.2) is 0 Å². The highest BCUT2D eigenvalue weighted by Crippen LogP contribution is 2.69. The zero-order chi connectivity index (χ0) is 13.9. The van der Waals surface area contributed by atoms with Crippen molar-refractivity contribution in [2.75, 3.05) is 13.2 Å². The minimum Gasteiger partial charge on any atom is -0.347 e.